The fraction of sp³-hybridized carbons (Fsp3) is 0.750. The molecule has 5 nitrogen and oxygen atoms in total. The summed E-state index contributed by atoms with van der Waals surface area (Å²) in [4.78, 5) is 24.0. The first-order valence-corrected chi connectivity index (χ1v) is 19.0. The van der Waals surface area contributed by atoms with Crippen LogP contribution >= 0.6 is 0 Å². The van der Waals surface area contributed by atoms with E-state index in [1.165, 1.54) is 89.9 Å². The molecule has 5 heteroatoms. The summed E-state index contributed by atoms with van der Waals surface area (Å²) in [6.07, 6.45) is 46.0. The monoisotopic (exact) mass is 628 g/mol. The van der Waals surface area contributed by atoms with Gasteiger partial charge in [-0.3, -0.25) is 9.59 Å². The van der Waals surface area contributed by atoms with Crippen molar-refractivity contribution in [1.82, 2.24) is 16.0 Å². The molecule has 3 N–H and O–H groups in total. The van der Waals surface area contributed by atoms with Gasteiger partial charge in [0.2, 0.25) is 11.8 Å². The lowest BCUT2D eigenvalue weighted by molar-refractivity contribution is -0.121. The summed E-state index contributed by atoms with van der Waals surface area (Å²) in [6.45, 7) is 7.23. The first kappa shape index (κ1) is 42.9. The molecular weight excluding hydrogens is 554 g/mol. The van der Waals surface area contributed by atoms with Gasteiger partial charge in [-0.15, -0.1) is 0 Å². The molecule has 260 valence electrons. The second-order valence-corrected chi connectivity index (χ2v) is 12.4. The highest BCUT2D eigenvalue weighted by Crippen LogP contribution is 2.09. The Hall–Kier alpha value is -2.14. The minimum atomic E-state index is 0.146. The molecule has 0 aliphatic carbocycles. The summed E-state index contributed by atoms with van der Waals surface area (Å²) in [6, 6.07) is 0. The molecule has 0 saturated carbocycles. The number of amides is 2. The maximum atomic E-state index is 12.0. The van der Waals surface area contributed by atoms with Crippen molar-refractivity contribution in [1.29, 1.82) is 0 Å². The van der Waals surface area contributed by atoms with Crippen LogP contribution in [-0.2, 0) is 9.59 Å². The van der Waals surface area contributed by atoms with Gasteiger partial charge in [0.1, 0.15) is 0 Å². The fourth-order valence-electron chi connectivity index (χ4n) is 5.08. The Balaban J connectivity index is 3.36. The minimum Gasteiger partial charge on any atom is -0.355 e. The van der Waals surface area contributed by atoms with E-state index in [0.29, 0.717) is 25.9 Å². The molecule has 0 aliphatic rings. The van der Waals surface area contributed by atoms with E-state index in [2.05, 4.69) is 78.4 Å². The maximum absolute atomic E-state index is 12.0. The van der Waals surface area contributed by atoms with Gasteiger partial charge in [-0.05, 0) is 77.0 Å². The summed E-state index contributed by atoms with van der Waals surface area (Å²) < 4.78 is 0. The molecule has 0 unspecified atom stereocenters. The Bertz CT molecular complexity index is 695. The minimum absolute atomic E-state index is 0.146. The van der Waals surface area contributed by atoms with Gasteiger partial charge in [-0.2, -0.15) is 0 Å². The van der Waals surface area contributed by atoms with Crippen molar-refractivity contribution >= 4 is 11.8 Å². The predicted octanol–water partition coefficient (Wildman–Crippen LogP) is 10.4. The van der Waals surface area contributed by atoms with E-state index in [-0.39, 0.29) is 11.8 Å². The van der Waals surface area contributed by atoms with E-state index in [1.54, 1.807) is 0 Å². The van der Waals surface area contributed by atoms with Gasteiger partial charge in [0, 0.05) is 39.0 Å². The normalized spacial score (nSPS) is 12.0. The number of carbonyl (C=O) groups excluding carboxylic acids is 2. The van der Waals surface area contributed by atoms with Gasteiger partial charge in [0.15, 0.2) is 0 Å². The van der Waals surface area contributed by atoms with Gasteiger partial charge in [0.05, 0.1) is 0 Å². The lowest BCUT2D eigenvalue weighted by Crippen LogP contribution is -2.36. The van der Waals surface area contributed by atoms with Crippen LogP contribution < -0.4 is 16.0 Å². The van der Waals surface area contributed by atoms with Gasteiger partial charge < -0.3 is 16.0 Å². The Labute approximate surface area is 279 Å². The van der Waals surface area contributed by atoms with E-state index in [1.807, 2.05) is 0 Å². The molecule has 0 spiro atoms. The predicted molar refractivity (Wildman–Crippen MR) is 198 cm³/mol. The van der Waals surface area contributed by atoms with Crippen molar-refractivity contribution in [2.75, 3.05) is 26.2 Å². The van der Waals surface area contributed by atoms with Crippen LogP contribution in [0, 0.1) is 0 Å². The largest absolute Gasteiger partial charge is 0.355 e. The third kappa shape index (κ3) is 38.0. The highest BCUT2D eigenvalue weighted by molar-refractivity contribution is 5.76. The van der Waals surface area contributed by atoms with Gasteiger partial charge >= 0.3 is 0 Å². The first-order valence-electron chi connectivity index (χ1n) is 19.0. The zero-order chi connectivity index (χ0) is 32.7. The molecule has 0 radical (unpaired) electrons. The zero-order valence-corrected chi connectivity index (χ0v) is 29.7. The van der Waals surface area contributed by atoms with Crippen molar-refractivity contribution in [3.63, 3.8) is 0 Å². The van der Waals surface area contributed by atoms with Crippen LogP contribution in [0.1, 0.15) is 168 Å². The summed E-state index contributed by atoms with van der Waals surface area (Å²) in [5.41, 5.74) is 0. The highest BCUT2D eigenvalue weighted by atomic mass is 16.2. The third-order valence-corrected chi connectivity index (χ3v) is 7.96. The molecule has 0 saturated heterocycles. The molecule has 0 aromatic carbocycles. The van der Waals surface area contributed by atoms with Crippen molar-refractivity contribution in [3.8, 4) is 0 Å². The summed E-state index contributed by atoms with van der Waals surface area (Å²) in [7, 11) is 0. The Morgan fingerprint density at radius 2 is 0.733 bits per heavy atom. The molecule has 0 bridgehead atoms. The van der Waals surface area contributed by atoms with Crippen LogP contribution in [0.3, 0.4) is 0 Å². The zero-order valence-electron chi connectivity index (χ0n) is 29.7. The van der Waals surface area contributed by atoms with Crippen LogP contribution in [0.2, 0.25) is 0 Å². The third-order valence-electron chi connectivity index (χ3n) is 7.96. The van der Waals surface area contributed by atoms with Crippen molar-refractivity contribution in [3.05, 3.63) is 48.6 Å². The van der Waals surface area contributed by atoms with Crippen molar-refractivity contribution in [2.24, 2.45) is 0 Å². The average molecular weight is 628 g/mol. The first-order chi connectivity index (χ1) is 22.2. The number of hydrogen-bond donors (Lipinski definition) is 3. The van der Waals surface area contributed by atoms with Crippen LogP contribution in [0.5, 0.6) is 0 Å². The van der Waals surface area contributed by atoms with E-state index in [0.717, 1.165) is 64.5 Å². The molecular formula is C40H73N3O2. The van der Waals surface area contributed by atoms with Gasteiger partial charge in [0.25, 0.3) is 0 Å². The second kappa shape index (κ2) is 38.0. The average Bonchev–Trinajstić information content (AvgIpc) is 3.04. The van der Waals surface area contributed by atoms with Gasteiger partial charge in [-0.1, -0.05) is 127 Å². The summed E-state index contributed by atoms with van der Waals surface area (Å²) >= 11 is 0. The van der Waals surface area contributed by atoms with E-state index < -0.39 is 0 Å². The lowest BCUT2D eigenvalue weighted by atomic mass is 10.1. The van der Waals surface area contributed by atoms with Crippen molar-refractivity contribution < 1.29 is 9.59 Å². The number of rotatable bonds is 34. The topological polar surface area (TPSA) is 70.2 Å². The quantitative estimate of drug-likeness (QED) is 0.0491. The maximum Gasteiger partial charge on any atom is 0.220 e. The van der Waals surface area contributed by atoms with E-state index in [9.17, 15) is 9.59 Å². The SMILES string of the molecule is CCCCC/C=C\C/C=C\CCCCCCCC(=O)NCCNCCNC(=O)CCCCCCC/C=C\C/C=C\CCCCC. The number of hydrogen-bond acceptors (Lipinski definition) is 3. The number of unbranched alkanes of at least 4 members (excludes halogenated alkanes) is 16. The number of nitrogens with one attached hydrogen (secondary N) is 3. The van der Waals surface area contributed by atoms with Gasteiger partial charge in [-0.25, -0.2) is 0 Å². The van der Waals surface area contributed by atoms with Crippen LogP contribution in [0.4, 0.5) is 0 Å². The molecule has 0 rings (SSSR count). The summed E-state index contributed by atoms with van der Waals surface area (Å²) in [5, 5.41) is 9.28. The van der Waals surface area contributed by atoms with Crippen molar-refractivity contribution in [2.45, 2.75) is 168 Å². The lowest BCUT2D eigenvalue weighted by Gasteiger charge is -2.08. The Morgan fingerprint density at radius 3 is 1.11 bits per heavy atom. The molecule has 2 amide bonds. The standard InChI is InChI=1S/C40H73N3O2/c1-3-5-7-9-11-13-15-17-19-21-23-25-27-29-31-33-39(44)42-37-35-41-36-38-43-40(45)34-32-30-28-26-24-22-20-18-16-14-12-10-8-6-4-2/h11-14,17-20,41H,3-10,15-16,21-38H2,1-2H3,(H,42,44)(H,43,45)/b13-11-,14-12-,19-17-,20-18-. The van der Waals surface area contributed by atoms with E-state index in [4.69, 9.17) is 0 Å². The van der Waals surface area contributed by atoms with Crippen LogP contribution in [-0.4, -0.2) is 38.0 Å². The molecule has 45 heavy (non-hydrogen) atoms. The fourth-order valence-corrected chi connectivity index (χ4v) is 5.08. The molecule has 0 fully saturated rings. The molecule has 0 aliphatic heterocycles. The second-order valence-electron chi connectivity index (χ2n) is 12.4. The molecule has 0 atom stereocenters. The Kier molecular flexibility index (Phi) is 36.2. The van der Waals surface area contributed by atoms with Crippen LogP contribution in [0.25, 0.3) is 0 Å². The van der Waals surface area contributed by atoms with Crippen LogP contribution in [0.15, 0.2) is 48.6 Å². The summed E-state index contributed by atoms with van der Waals surface area (Å²) in [5.74, 6) is 0.293. The molecule has 0 heterocycles. The van der Waals surface area contributed by atoms with E-state index >= 15 is 0 Å². The molecule has 0 aromatic heterocycles. The highest BCUT2D eigenvalue weighted by Gasteiger charge is 2.02. The number of carbonyl (C=O) groups is 2. The number of allylic oxidation sites excluding steroid dienone is 8. The smallest absolute Gasteiger partial charge is 0.220 e. The molecule has 0 aromatic rings. The Morgan fingerprint density at radius 1 is 0.400 bits per heavy atom.